The van der Waals surface area contributed by atoms with E-state index in [1.807, 2.05) is 19.0 Å². The van der Waals surface area contributed by atoms with Crippen molar-refractivity contribution in [3.8, 4) is 0 Å². The van der Waals surface area contributed by atoms with Crippen molar-refractivity contribution in [3.63, 3.8) is 0 Å². The van der Waals surface area contributed by atoms with E-state index in [-0.39, 0.29) is 6.54 Å². The summed E-state index contributed by atoms with van der Waals surface area (Å²) < 4.78 is 0. The van der Waals surface area contributed by atoms with Crippen LogP contribution in [0.2, 0.25) is 0 Å². The molecule has 0 aliphatic rings. The summed E-state index contributed by atoms with van der Waals surface area (Å²) in [4.78, 5) is 36.5. The van der Waals surface area contributed by atoms with Crippen molar-refractivity contribution in [3.05, 3.63) is 0 Å². The van der Waals surface area contributed by atoms with Gasteiger partial charge in [0.25, 0.3) is 0 Å². The van der Waals surface area contributed by atoms with Crippen LogP contribution in [0.5, 0.6) is 0 Å². The lowest BCUT2D eigenvalue weighted by atomic mass is 10.3. The van der Waals surface area contributed by atoms with E-state index in [4.69, 9.17) is 5.73 Å². The SMILES string of the molecule is CN(C)CCCNC(=O)C(=O)N(C=O)CCCN. The van der Waals surface area contributed by atoms with Crippen LogP contribution in [0, 0.1) is 0 Å². The lowest BCUT2D eigenvalue weighted by molar-refractivity contribution is -0.148. The molecule has 0 saturated heterocycles. The van der Waals surface area contributed by atoms with Gasteiger partial charge in [-0.15, -0.1) is 0 Å². The first-order valence-corrected chi connectivity index (χ1v) is 5.91. The molecule has 104 valence electrons. The number of nitrogens with one attached hydrogen (secondary N) is 1. The van der Waals surface area contributed by atoms with Crippen molar-refractivity contribution in [2.45, 2.75) is 12.8 Å². The molecule has 0 aliphatic heterocycles. The molecular formula is C11H22N4O3. The molecule has 7 nitrogen and oxygen atoms in total. The van der Waals surface area contributed by atoms with Gasteiger partial charge in [-0.3, -0.25) is 19.3 Å². The molecule has 0 heterocycles. The monoisotopic (exact) mass is 258 g/mol. The molecule has 0 rings (SSSR count). The first-order chi connectivity index (χ1) is 8.52. The van der Waals surface area contributed by atoms with Gasteiger partial charge >= 0.3 is 11.8 Å². The topological polar surface area (TPSA) is 95.7 Å². The maximum absolute atomic E-state index is 11.5. The Labute approximate surface area is 107 Å². The molecule has 0 aromatic carbocycles. The minimum absolute atomic E-state index is 0.171. The number of carbonyl (C=O) groups is 3. The second-order valence-corrected chi connectivity index (χ2v) is 4.16. The first-order valence-electron chi connectivity index (χ1n) is 5.91. The number of amides is 3. The minimum Gasteiger partial charge on any atom is -0.348 e. The highest BCUT2D eigenvalue weighted by molar-refractivity contribution is 6.36. The van der Waals surface area contributed by atoms with Crippen molar-refractivity contribution in [2.24, 2.45) is 5.73 Å². The van der Waals surface area contributed by atoms with Crippen molar-refractivity contribution in [2.75, 3.05) is 40.3 Å². The van der Waals surface area contributed by atoms with Crippen molar-refractivity contribution in [1.82, 2.24) is 15.1 Å². The van der Waals surface area contributed by atoms with Gasteiger partial charge in [0.2, 0.25) is 6.41 Å². The molecule has 0 bridgehead atoms. The molecule has 0 saturated carbocycles. The van der Waals surface area contributed by atoms with E-state index in [0.717, 1.165) is 17.9 Å². The third kappa shape index (κ3) is 6.97. The normalized spacial score (nSPS) is 10.2. The maximum atomic E-state index is 11.5. The molecule has 3 amide bonds. The average Bonchev–Trinajstić information content (AvgIpc) is 2.34. The standard InChI is InChI=1S/C11H22N4O3/c1-14(2)7-4-6-13-10(17)11(18)15(9-16)8-3-5-12/h9H,3-8,12H2,1-2H3,(H,13,17). The van der Waals surface area contributed by atoms with Gasteiger partial charge < -0.3 is 16.0 Å². The van der Waals surface area contributed by atoms with Gasteiger partial charge in [0.05, 0.1) is 0 Å². The lowest BCUT2D eigenvalue weighted by Crippen LogP contribution is -2.43. The zero-order chi connectivity index (χ0) is 14.0. The van der Waals surface area contributed by atoms with Crippen molar-refractivity contribution in [1.29, 1.82) is 0 Å². The van der Waals surface area contributed by atoms with E-state index in [9.17, 15) is 14.4 Å². The quantitative estimate of drug-likeness (QED) is 0.310. The van der Waals surface area contributed by atoms with Crippen LogP contribution in [-0.2, 0) is 14.4 Å². The predicted octanol–water partition coefficient (Wildman–Crippen LogP) is -1.61. The zero-order valence-electron chi connectivity index (χ0n) is 11.0. The Kier molecular flexibility index (Phi) is 8.77. The van der Waals surface area contributed by atoms with Crippen LogP contribution in [0.3, 0.4) is 0 Å². The number of nitrogens with two attached hydrogens (primary N) is 1. The summed E-state index contributed by atoms with van der Waals surface area (Å²) in [6, 6.07) is 0. The summed E-state index contributed by atoms with van der Waals surface area (Å²) in [5.74, 6) is -1.58. The van der Waals surface area contributed by atoms with E-state index in [1.54, 1.807) is 0 Å². The fourth-order valence-corrected chi connectivity index (χ4v) is 1.27. The van der Waals surface area contributed by atoms with Crippen LogP contribution in [0.15, 0.2) is 0 Å². The minimum atomic E-state index is -0.830. The van der Waals surface area contributed by atoms with Gasteiger partial charge in [0, 0.05) is 13.1 Å². The third-order valence-corrected chi connectivity index (χ3v) is 2.25. The summed E-state index contributed by atoms with van der Waals surface area (Å²) in [6.45, 7) is 1.76. The Morgan fingerprint density at radius 1 is 1.22 bits per heavy atom. The van der Waals surface area contributed by atoms with E-state index >= 15 is 0 Å². The van der Waals surface area contributed by atoms with Crippen LogP contribution < -0.4 is 11.1 Å². The molecule has 0 atom stereocenters. The van der Waals surface area contributed by atoms with E-state index in [2.05, 4.69) is 5.32 Å². The molecule has 0 aromatic heterocycles. The van der Waals surface area contributed by atoms with Gasteiger partial charge in [0.15, 0.2) is 0 Å². The predicted molar refractivity (Wildman–Crippen MR) is 67.6 cm³/mol. The van der Waals surface area contributed by atoms with Crippen molar-refractivity contribution >= 4 is 18.2 Å². The molecular weight excluding hydrogens is 236 g/mol. The van der Waals surface area contributed by atoms with Gasteiger partial charge in [-0.25, -0.2) is 0 Å². The average molecular weight is 258 g/mol. The fourth-order valence-electron chi connectivity index (χ4n) is 1.27. The smallest absolute Gasteiger partial charge is 0.318 e. The summed E-state index contributed by atoms with van der Waals surface area (Å²) in [5, 5.41) is 2.48. The number of imide groups is 1. The van der Waals surface area contributed by atoms with Crippen LogP contribution in [-0.4, -0.2) is 68.3 Å². The molecule has 0 aromatic rings. The molecule has 7 heteroatoms. The Morgan fingerprint density at radius 3 is 2.39 bits per heavy atom. The molecule has 0 aliphatic carbocycles. The second kappa shape index (κ2) is 9.55. The Bertz CT molecular complexity index is 281. The van der Waals surface area contributed by atoms with E-state index < -0.39 is 11.8 Å². The van der Waals surface area contributed by atoms with E-state index in [1.165, 1.54) is 0 Å². The number of carbonyl (C=O) groups excluding carboxylic acids is 3. The number of hydrogen-bond acceptors (Lipinski definition) is 5. The largest absolute Gasteiger partial charge is 0.348 e. The highest BCUT2D eigenvalue weighted by atomic mass is 16.2. The molecule has 0 fully saturated rings. The molecule has 18 heavy (non-hydrogen) atoms. The van der Waals surface area contributed by atoms with Crippen LogP contribution in [0.1, 0.15) is 12.8 Å². The van der Waals surface area contributed by atoms with Crippen LogP contribution in [0.4, 0.5) is 0 Å². The Balaban J connectivity index is 3.99. The third-order valence-electron chi connectivity index (χ3n) is 2.25. The van der Waals surface area contributed by atoms with Crippen LogP contribution in [0.25, 0.3) is 0 Å². The first kappa shape index (κ1) is 16.5. The van der Waals surface area contributed by atoms with Gasteiger partial charge in [-0.1, -0.05) is 0 Å². The van der Waals surface area contributed by atoms with Gasteiger partial charge in [0.1, 0.15) is 0 Å². The number of nitrogens with zero attached hydrogens (tertiary/aromatic N) is 2. The molecule has 0 unspecified atom stereocenters. The zero-order valence-corrected chi connectivity index (χ0v) is 11.0. The fraction of sp³-hybridized carbons (Fsp3) is 0.727. The molecule has 0 radical (unpaired) electrons. The number of hydrogen-bond donors (Lipinski definition) is 2. The summed E-state index contributed by atoms with van der Waals surface area (Å²) in [5.41, 5.74) is 5.28. The Hall–Kier alpha value is -1.47. The van der Waals surface area contributed by atoms with Gasteiger partial charge in [-0.2, -0.15) is 0 Å². The highest BCUT2D eigenvalue weighted by Crippen LogP contribution is 1.89. The van der Waals surface area contributed by atoms with E-state index in [0.29, 0.717) is 25.9 Å². The number of rotatable bonds is 8. The summed E-state index contributed by atoms with van der Waals surface area (Å²) >= 11 is 0. The van der Waals surface area contributed by atoms with Crippen molar-refractivity contribution < 1.29 is 14.4 Å². The summed E-state index contributed by atoms with van der Waals surface area (Å²) in [7, 11) is 3.85. The molecule has 0 spiro atoms. The second-order valence-electron chi connectivity index (χ2n) is 4.16. The van der Waals surface area contributed by atoms with Gasteiger partial charge in [-0.05, 0) is 40.0 Å². The molecule has 3 N–H and O–H groups in total. The Morgan fingerprint density at radius 2 is 1.89 bits per heavy atom. The maximum Gasteiger partial charge on any atom is 0.318 e. The lowest BCUT2D eigenvalue weighted by Gasteiger charge is -2.14. The highest BCUT2D eigenvalue weighted by Gasteiger charge is 2.20. The summed E-state index contributed by atoms with van der Waals surface area (Å²) in [6.07, 6.45) is 1.59. The van der Waals surface area contributed by atoms with Crippen LogP contribution >= 0.6 is 0 Å².